The van der Waals surface area contributed by atoms with Crippen molar-refractivity contribution >= 4 is 11.4 Å². The van der Waals surface area contributed by atoms with Gasteiger partial charge in [-0.25, -0.2) is 0 Å². The number of para-hydroxylation sites is 1. The van der Waals surface area contributed by atoms with Crippen molar-refractivity contribution in [2.24, 2.45) is 0 Å². The van der Waals surface area contributed by atoms with Crippen molar-refractivity contribution in [3.05, 3.63) is 60.2 Å². The minimum absolute atomic E-state index is 0.359. The Morgan fingerprint density at radius 2 is 2.05 bits per heavy atom. The maximum atomic E-state index is 4.27. The Kier molecular flexibility index (Phi) is 1.96. The van der Waals surface area contributed by atoms with Crippen LogP contribution in [0.25, 0.3) is 5.70 Å². The van der Waals surface area contributed by atoms with Crippen LogP contribution in [0.3, 0.4) is 0 Å². The second-order valence-corrected chi connectivity index (χ2v) is 6.14. The Bertz CT molecular complexity index is 814. The van der Waals surface area contributed by atoms with E-state index in [1.165, 1.54) is 22.5 Å². The van der Waals surface area contributed by atoms with Gasteiger partial charge in [0.05, 0.1) is 11.7 Å². The molecule has 0 radical (unpaired) electrons. The van der Waals surface area contributed by atoms with Crippen LogP contribution >= 0.6 is 0 Å². The van der Waals surface area contributed by atoms with Gasteiger partial charge in [0.2, 0.25) is 6.33 Å². The maximum absolute atomic E-state index is 4.27. The Morgan fingerprint density at radius 1 is 1.19 bits per heavy atom. The molecule has 0 saturated heterocycles. The molecule has 3 atom stereocenters. The Hall–Kier alpha value is -2.36. The quantitative estimate of drug-likeness (QED) is 0.689. The summed E-state index contributed by atoms with van der Waals surface area (Å²) in [6, 6.07) is 9.52. The number of likely N-dealkylation sites (N-methyl/N-ethyl adjacent to an activating group) is 1. The molecule has 0 spiro atoms. The second-order valence-electron chi connectivity index (χ2n) is 6.14. The second kappa shape index (κ2) is 3.64. The molecular formula is C17H17N4+. The molecule has 1 aliphatic carbocycles. The molecule has 0 N–H and O–H groups in total. The molecular weight excluding hydrogens is 260 g/mol. The third-order valence-corrected chi connectivity index (χ3v) is 5.18. The van der Waals surface area contributed by atoms with Gasteiger partial charge in [-0.15, -0.1) is 9.36 Å². The van der Waals surface area contributed by atoms with Crippen LogP contribution < -0.4 is 9.58 Å². The first-order valence-corrected chi connectivity index (χ1v) is 7.45. The monoisotopic (exact) mass is 277 g/mol. The van der Waals surface area contributed by atoms with Crippen molar-refractivity contribution in [2.45, 2.75) is 24.9 Å². The molecule has 0 bridgehead atoms. The zero-order valence-corrected chi connectivity index (χ0v) is 12.1. The van der Waals surface area contributed by atoms with Gasteiger partial charge < -0.3 is 4.90 Å². The number of hydrogen-bond acceptors (Lipinski definition) is 2. The van der Waals surface area contributed by atoms with Crippen LogP contribution in [-0.2, 0) is 0 Å². The largest absolute Gasteiger partial charge is 0.367 e. The van der Waals surface area contributed by atoms with Crippen molar-refractivity contribution < 1.29 is 4.68 Å². The standard InChI is InChI=1S/C17H17N4/c1-11-13-7-14-12-5-3-4-6-15(12)19(2)16(14)8-17(13)21-10-18-9-20(11)21/h3-11,14,16H,1-2H3/q+1. The first-order chi connectivity index (χ1) is 10.3. The summed E-state index contributed by atoms with van der Waals surface area (Å²) >= 11 is 0. The minimum Gasteiger partial charge on any atom is -0.367 e. The van der Waals surface area contributed by atoms with Crippen molar-refractivity contribution in [1.29, 1.82) is 0 Å². The molecule has 2 aromatic rings. The average Bonchev–Trinajstić information content (AvgIpc) is 3.16. The molecule has 104 valence electrons. The predicted molar refractivity (Wildman–Crippen MR) is 80.9 cm³/mol. The normalized spacial score (nSPS) is 28.5. The fraction of sp³-hybridized carbons (Fsp3) is 0.294. The summed E-state index contributed by atoms with van der Waals surface area (Å²) in [6.45, 7) is 2.25. The molecule has 4 nitrogen and oxygen atoms in total. The third-order valence-electron chi connectivity index (χ3n) is 5.18. The molecule has 4 heteroatoms. The van der Waals surface area contributed by atoms with Crippen LogP contribution in [0, 0.1) is 0 Å². The molecule has 2 aliphatic heterocycles. The van der Waals surface area contributed by atoms with E-state index in [1.54, 1.807) is 0 Å². The highest BCUT2D eigenvalue weighted by molar-refractivity contribution is 5.74. The smallest absolute Gasteiger partial charge is 0.307 e. The van der Waals surface area contributed by atoms with Gasteiger partial charge in [-0.1, -0.05) is 24.3 Å². The van der Waals surface area contributed by atoms with E-state index in [-0.39, 0.29) is 0 Å². The Labute approximate surface area is 123 Å². The lowest BCUT2D eigenvalue weighted by molar-refractivity contribution is -0.769. The topological polar surface area (TPSA) is 24.9 Å². The third kappa shape index (κ3) is 1.25. The van der Waals surface area contributed by atoms with E-state index >= 15 is 0 Å². The molecule has 5 rings (SSSR count). The molecule has 0 saturated carbocycles. The summed E-state index contributed by atoms with van der Waals surface area (Å²) in [6.07, 6.45) is 8.69. The van der Waals surface area contributed by atoms with Gasteiger partial charge in [0.25, 0.3) is 0 Å². The summed E-state index contributed by atoms with van der Waals surface area (Å²) in [4.78, 5) is 6.67. The van der Waals surface area contributed by atoms with Gasteiger partial charge in [0.15, 0.2) is 0 Å². The molecule has 21 heavy (non-hydrogen) atoms. The Morgan fingerprint density at radius 3 is 2.95 bits per heavy atom. The summed E-state index contributed by atoms with van der Waals surface area (Å²) in [5, 5.41) is 0. The van der Waals surface area contributed by atoms with Crippen molar-refractivity contribution in [2.75, 3.05) is 11.9 Å². The summed E-state index contributed by atoms with van der Waals surface area (Å²) < 4.78 is 4.37. The van der Waals surface area contributed by atoms with E-state index in [9.17, 15) is 0 Å². The SMILES string of the molecule is CC1C2=CC3c4ccccc4N(C)C3C=C2n2cnc[n+]21. The van der Waals surface area contributed by atoms with E-state index in [4.69, 9.17) is 0 Å². The van der Waals surface area contributed by atoms with Gasteiger partial charge in [0, 0.05) is 24.2 Å². The predicted octanol–water partition coefficient (Wildman–Crippen LogP) is 2.13. The molecule has 0 amide bonds. The van der Waals surface area contributed by atoms with Gasteiger partial charge in [-0.05, 0) is 29.6 Å². The first kappa shape index (κ1) is 11.3. The molecule has 1 aromatic heterocycles. The van der Waals surface area contributed by atoms with Crippen LogP contribution in [0.2, 0.25) is 0 Å². The molecule has 3 aliphatic rings. The first-order valence-electron chi connectivity index (χ1n) is 7.45. The number of rotatable bonds is 0. The Balaban J connectivity index is 1.71. The highest BCUT2D eigenvalue weighted by Gasteiger charge is 2.43. The van der Waals surface area contributed by atoms with Crippen molar-refractivity contribution in [3.8, 4) is 0 Å². The number of nitrogens with zero attached hydrogens (tertiary/aromatic N) is 4. The van der Waals surface area contributed by atoms with Gasteiger partial charge in [-0.3, -0.25) is 0 Å². The molecule has 1 aromatic carbocycles. The van der Waals surface area contributed by atoms with Crippen LogP contribution in [0.5, 0.6) is 0 Å². The summed E-state index contributed by atoms with van der Waals surface area (Å²) in [7, 11) is 2.19. The van der Waals surface area contributed by atoms with Crippen molar-refractivity contribution in [1.82, 2.24) is 9.67 Å². The number of allylic oxidation sites excluding steroid dienone is 2. The lowest BCUT2D eigenvalue weighted by Gasteiger charge is -2.26. The highest BCUT2D eigenvalue weighted by atomic mass is 15.5. The lowest BCUT2D eigenvalue weighted by Crippen LogP contribution is -2.39. The van der Waals surface area contributed by atoms with E-state index in [0.717, 1.165) is 0 Å². The fourth-order valence-electron chi connectivity index (χ4n) is 4.07. The van der Waals surface area contributed by atoms with E-state index in [1.807, 2.05) is 12.7 Å². The number of aromatic nitrogens is 3. The van der Waals surface area contributed by atoms with Crippen LogP contribution in [0.4, 0.5) is 5.69 Å². The number of anilines is 1. The summed E-state index contributed by atoms with van der Waals surface area (Å²) in [5.41, 5.74) is 5.51. The average molecular weight is 277 g/mol. The maximum Gasteiger partial charge on any atom is 0.307 e. The fourth-order valence-corrected chi connectivity index (χ4v) is 4.07. The van der Waals surface area contributed by atoms with Crippen LogP contribution in [0.1, 0.15) is 24.4 Å². The molecule has 0 fully saturated rings. The van der Waals surface area contributed by atoms with Gasteiger partial charge >= 0.3 is 6.33 Å². The van der Waals surface area contributed by atoms with E-state index < -0.39 is 0 Å². The molecule has 3 unspecified atom stereocenters. The number of benzene rings is 1. The van der Waals surface area contributed by atoms with E-state index in [2.05, 4.69) is 69.6 Å². The number of fused-ring (bicyclic) bond motifs is 6. The summed E-state index contributed by atoms with van der Waals surface area (Å²) in [5.74, 6) is 0.463. The lowest BCUT2D eigenvalue weighted by atomic mass is 9.85. The zero-order chi connectivity index (χ0) is 14.1. The van der Waals surface area contributed by atoms with Crippen LogP contribution in [0.15, 0.2) is 54.6 Å². The molecule has 3 heterocycles. The zero-order valence-electron chi connectivity index (χ0n) is 12.1. The van der Waals surface area contributed by atoms with Gasteiger partial charge in [-0.2, -0.15) is 0 Å². The van der Waals surface area contributed by atoms with Crippen LogP contribution in [-0.4, -0.2) is 22.8 Å². The van der Waals surface area contributed by atoms with Gasteiger partial charge in [0.1, 0.15) is 6.04 Å². The highest BCUT2D eigenvalue weighted by Crippen LogP contribution is 2.47. The van der Waals surface area contributed by atoms with E-state index in [0.29, 0.717) is 18.0 Å². The number of hydrogen-bond donors (Lipinski definition) is 0. The minimum atomic E-state index is 0.359. The van der Waals surface area contributed by atoms with Crippen molar-refractivity contribution in [3.63, 3.8) is 0 Å².